The summed E-state index contributed by atoms with van der Waals surface area (Å²) in [4.78, 5) is 0. The molecule has 0 fully saturated rings. The predicted molar refractivity (Wildman–Crippen MR) is 68.6 cm³/mol. The minimum absolute atomic E-state index is 0.286. The monoisotopic (exact) mass is 392 g/mol. The molecule has 0 N–H and O–H groups in total. The molecule has 0 rings (SSSR count). The number of sulfone groups is 2. The van der Waals surface area contributed by atoms with E-state index in [2.05, 4.69) is 6.58 Å². The Morgan fingerprint density at radius 3 is 1.61 bits per heavy atom. The highest BCUT2D eigenvalue weighted by atomic mass is 32.3. The Bertz CT molecular complexity index is 588. The first-order chi connectivity index (χ1) is 9.94. The molecule has 0 saturated heterocycles. The fourth-order valence-corrected chi connectivity index (χ4v) is 4.98. The second kappa shape index (κ2) is 6.97. The first kappa shape index (κ1) is 22.2. The molecule has 138 valence electrons. The first-order valence-corrected chi connectivity index (χ1v) is 8.90. The molecule has 0 radical (unpaired) electrons. The van der Waals surface area contributed by atoms with E-state index in [-0.39, 0.29) is 6.61 Å². The van der Waals surface area contributed by atoms with Gasteiger partial charge in [0.2, 0.25) is 0 Å². The van der Waals surface area contributed by atoms with Crippen LogP contribution in [0.5, 0.6) is 0 Å². The molecule has 13 heteroatoms. The van der Waals surface area contributed by atoms with Crippen LogP contribution in [0.2, 0.25) is 0 Å². The molecule has 0 aliphatic carbocycles. The number of rotatable bonds is 7. The average Bonchev–Trinajstić information content (AvgIpc) is 2.29. The van der Waals surface area contributed by atoms with E-state index in [4.69, 9.17) is 4.74 Å². The van der Waals surface area contributed by atoms with Gasteiger partial charge in [0.25, 0.3) is 19.7 Å². The van der Waals surface area contributed by atoms with Crippen LogP contribution in [0, 0.1) is 0 Å². The summed E-state index contributed by atoms with van der Waals surface area (Å²) in [5.41, 5.74) is -12.0. The molecule has 1 atom stereocenters. The Hall–Kier alpha value is -0.820. The molecular weight excluding hydrogens is 378 g/mol. The number of ether oxygens (including phenoxy) is 1. The number of hydrogen-bond donors (Lipinski definition) is 0. The van der Waals surface area contributed by atoms with Gasteiger partial charge in [-0.05, 0) is 13.8 Å². The smallest absolute Gasteiger partial charge is 0.374 e. The van der Waals surface area contributed by atoms with Crippen molar-refractivity contribution in [1.29, 1.82) is 0 Å². The van der Waals surface area contributed by atoms with Crippen LogP contribution in [-0.4, -0.2) is 45.1 Å². The van der Waals surface area contributed by atoms with Gasteiger partial charge in [0.1, 0.15) is 0 Å². The molecule has 23 heavy (non-hydrogen) atoms. The minimum Gasteiger partial charge on any atom is -0.374 e. The minimum atomic E-state index is -6.62. The van der Waals surface area contributed by atoms with Crippen LogP contribution in [0.3, 0.4) is 0 Å². The van der Waals surface area contributed by atoms with Crippen LogP contribution in [0.15, 0.2) is 12.2 Å². The maximum atomic E-state index is 12.5. The predicted octanol–water partition coefficient (Wildman–Crippen LogP) is 2.55. The molecular formula is C10H14F6O5S2. The number of halogens is 6. The van der Waals surface area contributed by atoms with E-state index in [1.807, 2.05) is 0 Å². The van der Waals surface area contributed by atoms with E-state index in [1.165, 1.54) is 6.92 Å². The van der Waals surface area contributed by atoms with Crippen molar-refractivity contribution in [2.45, 2.75) is 42.0 Å². The summed E-state index contributed by atoms with van der Waals surface area (Å²) in [7, 11) is -13.2. The van der Waals surface area contributed by atoms with Crippen molar-refractivity contribution in [2.24, 2.45) is 0 Å². The van der Waals surface area contributed by atoms with Gasteiger partial charge in [-0.15, -0.1) is 0 Å². The van der Waals surface area contributed by atoms with Gasteiger partial charge in [-0.1, -0.05) is 12.2 Å². The highest BCUT2D eigenvalue weighted by Crippen LogP contribution is 2.38. The molecule has 0 amide bonds. The Kier molecular flexibility index (Phi) is 6.72. The zero-order chi connectivity index (χ0) is 18.9. The largest absolute Gasteiger partial charge is 0.498 e. The van der Waals surface area contributed by atoms with E-state index in [0.717, 1.165) is 6.92 Å². The summed E-state index contributed by atoms with van der Waals surface area (Å²) in [6.45, 7) is 5.46. The Morgan fingerprint density at radius 1 is 1.00 bits per heavy atom. The summed E-state index contributed by atoms with van der Waals surface area (Å²) in [5.74, 6) is 0. The van der Waals surface area contributed by atoms with Gasteiger partial charge >= 0.3 is 11.0 Å². The Morgan fingerprint density at radius 2 is 1.35 bits per heavy atom. The van der Waals surface area contributed by atoms with Gasteiger partial charge in [0, 0.05) is 6.42 Å². The van der Waals surface area contributed by atoms with E-state index in [1.54, 1.807) is 0 Å². The lowest BCUT2D eigenvalue weighted by atomic mass is 10.3. The number of hydrogen-bond acceptors (Lipinski definition) is 5. The summed E-state index contributed by atoms with van der Waals surface area (Å²) in [5, 5.41) is 0. The highest BCUT2D eigenvalue weighted by Gasteiger charge is 2.62. The fourth-order valence-electron chi connectivity index (χ4n) is 1.34. The standard InChI is InChI=1S/C10H14F6O5S2/c1-6(2)5-21-7(3)4-8(22(17,18)9(11,12)13)23(19,20)10(14,15)16/h7-8H,1,4-5H2,2-3H3. The van der Waals surface area contributed by atoms with Gasteiger partial charge in [-0.3, -0.25) is 0 Å². The number of alkyl halides is 6. The van der Waals surface area contributed by atoms with Crippen LogP contribution in [-0.2, 0) is 24.4 Å². The van der Waals surface area contributed by atoms with E-state index >= 15 is 0 Å². The van der Waals surface area contributed by atoms with Crippen molar-refractivity contribution in [3.63, 3.8) is 0 Å². The van der Waals surface area contributed by atoms with Gasteiger partial charge in [-0.2, -0.15) is 26.3 Å². The molecule has 0 heterocycles. The van der Waals surface area contributed by atoms with Crippen molar-refractivity contribution in [3.8, 4) is 0 Å². The van der Waals surface area contributed by atoms with Crippen molar-refractivity contribution in [2.75, 3.05) is 6.61 Å². The molecule has 0 bridgehead atoms. The molecule has 0 aromatic carbocycles. The molecule has 0 spiro atoms. The van der Waals surface area contributed by atoms with Gasteiger partial charge < -0.3 is 4.74 Å². The average molecular weight is 392 g/mol. The van der Waals surface area contributed by atoms with E-state index in [9.17, 15) is 43.2 Å². The Labute approximate surface area is 129 Å². The fraction of sp³-hybridized carbons (Fsp3) is 0.800. The van der Waals surface area contributed by atoms with Crippen molar-refractivity contribution < 1.29 is 47.9 Å². The molecule has 0 aromatic heterocycles. The Balaban J connectivity index is 5.84. The lowest BCUT2D eigenvalue weighted by molar-refractivity contribution is -0.0478. The van der Waals surface area contributed by atoms with Crippen molar-refractivity contribution in [1.82, 2.24) is 0 Å². The zero-order valence-electron chi connectivity index (χ0n) is 11.9. The van der Waals surface area contributed by atoms with Crippen LogP contribution >= 0.6 is 0 Å². The molecule has 5 nitrogen and oxygen atoms in total. The van der Waals surface area contributed by atoms with Crippen molar-refractivity contribution >= 4 is 19.7 Å². The van der Waals surface area contributed by atoms with Crippen LogP contribution in [0.25, 0.3) is 0 Å². The zero-order valence-corrected chi connectivity index (χ0v) is 13.5. The molecule has 0 saturated carbocycles. The van der Waals surface area contributed by atoms with Crippen molar-refractivity contribution in [3.05, 3.63) is 12.2 Å². The summed E-state index contributed by atoms with van der Waals surface area (Å²) in [6, 6.07) is 0. The maximum absolute atomic E-state index is 12.5. The summed E-state index contributed by atoms with van der Waals surface area (Å²) in [6.07, 6.45) is -3.04. The lowest BCUT2D eigenvalue weighted by Crippen LogP contribution is -2.46. The lowest BCUT2D eigenvalue weighted by Gasteiger charge is -2.23. The summed E-state index contributed by atoms with van der Waals surface area (Å²) < 4.78 is 121. The summed E-state index contributed by atoms with van der Waals surface area (Å²) >= 11 is 0. The third kappa shape index (κ3) is 5.35. The third-order valence-electron chi connectivity index (χ3n) is 2.48. The quantitative estimate of drug-likeness (QED) is 0.492. The highest BCUT2D eigenvalue weighted by molar-refractivity contribution is 8.09. The molecule has 0 aliphatic rings. The maximum Gasteiger partial charge on any atom is 0.498 e. The van der Waals surface area contributed by atoms with Gasteiger partial charge in [-0.25, -0.2) is 16.8 Å². The van der Waals surface area contributed by atoms with Crippen LogP contribution < -0.4 is 0 Å². The second-order valence-corrected chi connectivity index (χ2v) is 9.27. The molecule has 0 aliphatic heterocycles. The normalized spacial score (nSPS) is 15.7. The van der Waals surface area contributed by atoms with E-state index < -0.39 is 47.8 Å². The second-order valence-electron chi connectivity index (χ2n) is 4.73. The SMILES string of the molecule is C=C(C)COC(C)CC(S(=O)(=O)C(F)(F)F)S(=O)(=O)C(F)(F)F. The van der Waals surface area contributed by atoms with E-state index in [0.29, 0.717) is 5.57 Å². The van der Waals surface area contributed by atoms with Gasteiger partial charge in [0.15, 0.2) is 4.58 Å². The molecule has 1 unspecified atom stereocenters. The van der Waals surface area contributed by atoms with Crippen LogP contribution in [0.1, 0.15) is 20.3 Å². The van der Waals surface area contributed by atoms with Gasteiger partial charge in [0.05, 0.1) is 12.7 Å². The first-order valence-electron chi connectivity index (χ1n) is 5.81. The third-order valence-corrected chi connectivity index (χ3v) is 7.06. The van der Waals surface area contributed by atoms with Crippen LogP contribution in [0.4, 0.5) is 26.3 Å². The molecule has 0 aromatic rings. The topological polar surface area (TPSA) is 77.5 Å².